The summed E-state index contributed by atoms with van der Waals surface area (Å²) in [6.45, 7) is 8.42. The largest absolute Gasteiger partial charge is 0.505 e. The maximum absolute atomic E-state index is 12.3. The monoisotopic (exact) mass is 693 g/mol. The van der Waals surface area contributed by atoms with Gasteiger partial charge in [-0.25, -0.2) is 0 Å². The van der Waals surface area contributed by atoms with Crippen molar-refractivity contribution in [3.05, 3.63) is 82.4 Å². The number of aliphatic hydroxyl groups excluding tert-OH is 4. The Morgan fingerprint density at radius 3 is 1.46 bits per heavy atom. The van der Waals surface area contributed by atoms with Gasteiger partial charge in [0.25, 0.3) is 11.8 Å². The zero-order chi connectivity index (χ0) is 36.2. The van der Waals surface area contributed by atoms with Gasteiger partial charge in [0, 0.05) is 43.9 Å². The van der Waals surface area contributed by atoms with Crippen LogP contribution >= 0.6 is 0 Å². The van der Waals surface area contributed by atoms with E-state index in [-0.39, 0.29) is 22.9 Å². The molecule has 2 atom stereocenters. The average Bonchev–Trinajstić information content (AvgIpc) is 3.13. The van der Waals surface area contributed by atoms with E-state index < -0.39 is 37.2 Å². The van der Waals surface area contributed by atoms with Crippen molar-refractivity contribution in [3.63, 3.8) is 0 Å². The molecular formula is C37H51N5O8. The van der Waals surface area contributed by atoms with E-state index in [9.17, 15) is 35.1 Å². The van der Waals surface area contributed by atoms with Gasteiger partial charge in [-0.15, -0.1) is 0 Å². The van der Waals surface area contributed by atoms with E-state index in [2.05, 4.69) is 37.5 Å². The molecule has 1 fully saturated rings. The second-order valence-corrected chi connectivity index (χ2v) is 13.0. The molecule has 0 spiro atoms. The SMILES string of the molecule is Cc1cc(CN2CCCN(Cc3ccccc3)CCN(Cc3cc(C)cc(NC(=O)C(O)CO)c3O)CCC2)c(O)c(NC(=O)C(O)CO)c1. The maximum Gasteiger partial charge on any atom is 0.255 e. The molecule has 2 amide bonds. The van der Waals surface area contributed by atoms with Crippen molar-refractivity contribution in [2.75, 3.05) is 63.1 Å². The van der Waals surface area contributed by atoms with Gasteiger partial charge in [-0.2, -0.15) is 0 Å². The topological polar surface area (TPSA) is 189 Å². The van der Waals surface area contributed by atoms with E-state index >= 15 is 0 Å². The summed E-state index contributed by atoms with van der Waals surface area (Å²) in [7, 11) is 0. The van der Waals surface area contributed by atoms with Gasteiger partial charge in [0.15, 0.2) is 12.2 Å². The number of hydrogen-bond acceptors (Lipinski definition) is 11. The Bertz CT molecular complexity index is 1570. The number of rotatable bonds is 12. The van der Waals surface area contributed by atoms with Crippen molar-refractivity contribution in [1.82, 2.24) is 14.7 Å². The number of nitrogens with zero attached hydrogens (tertiary/aromatic N) is 3. The van der Waals surface area contributed by atoms with Crippen LogP contribution in [-0.2, 0) is 29.2 Å². The molecule has 50 heavy (non-hydrogen) atoms. The Labute approximate surface area is 293 Å². The van der Waals surface area contributed by atoms with E-state index in [1.54, 1.807) is 12.1 Å². The summed E-state index contributed by atoms with van der Waals surface area (Å²) in [6, 6.07) is 17.3. The molecule has 272 valence electrons. The van der Waals surface area contributed by atoms with Crippen molar-refractivity contribution >= 4 is 23.2 Å². The van der Waals surface area contributed by atoms with Gasteiger partial charge in [0.1, 0.15) is 11.5 Å². The summed E-state index contributed by atoms with van der Waals surface area (Å²) in [5.74, 6) is -1.77. The van der Waals surface area contributed by atoms with Crippen molar-refractivity contribution in [2.24, 2.45) is 0 Å². The van der Waals surface area contributed by atoms with Gasteiger partial charge in [-0.05, 0) is 81.7 Å². The molecule has 0 bridgehead atoms. The predicted molar refractivity (Wildman–Crippen MR) is 191 cm³/mol. The van der Waals surface area contributed by atoms with Gasteiger partial charge in [0.2, 0.25) is 0 Å². The second-order valence-electron chi connectivity index (χ2n) is 13.0. The van der Waals surface area contributed by atoms with Crippen molar-refractivity contribution in [2.45, 2.75) is 58.5 Å². The number of phenolic OH excluding ortho intramolecular Hbond substituents is 2. The minimum Gasteiger partial charge on any atom is -0.505 e. The summed E-state index contributed by atoms with van der Waals surface area (Å²) >= 11 is 0. The summed E-state index contributed by atoms with van der Waals surface area (Å²) in [6.07, 6.45) is -1.53. The standard InChI is InChI=1S/C37H51N5O8/c1-25-16-28(34(47)30(18-25)38-36(49)32(45)23-43)21-40-10-6-12-41(20-27-8-4-3-5-9-27)14-15-42(13-7-11-40)22-29-17-26(2)19-31(35(29)48)39-37(50)33(46)24-44/h3-5,8-9,16-19,32-33,43-48H,6-7,10-15,20-24H2,1-2H3,(H,38,49)(H,39,50). The number of nitrogens with one attached hydrogen (secondary N) is 2. The molecule has 0 aromatic heterocycles. The van der Waals surface area contributed by atoms with Crippen LogP contribution < -0.4 is 10.6 Å². The number of aliphatic hydroxyl groups is 4. The van der Waals surface area contributed by atoms with Crippen LogP contribution in [0.2, 0.25) is 0 Å². The fraction of sp³-hybridized carbons (Fsp3) is 0.459. The molecule has 3 aromatic rings. The molecule has 8 N–H and O–H groups in total. The molecule has 1 saturated heterocycles. The minimum absolute atomic E-state index is 0.0833. The number of aryl methyl sites for hydroxylation is 2. The van der Waals surface area contributed by atoms with Crippen LogP contribution in [0.5, 0.6) is 11.5 Å². The minimum atomic E-state index is -1.60. The lowest BCUT2D eigenvalue weighted by atomic mass is 10.1. The third-order valence-corrected chi connectivity index (χ3v) is 8.80. The summed E-state index contributed by atoms with van der Waals surface area (Å²) in [5.41, 5.74) is 4.47. The molecule has 0 aliphatic carbocycles. The molecule has 4 rings (SSSR count). The summed E-state index contributed by atoms with van der Waals surface area (Å²) in [5, 5.41) is 65.1. The van der Waals surface area contributed by atoms with Crippen LogP contribution in [0, 0.1) is 13.8 Å². The highest BCUT2D eigenvalue weighted by Gasteiger charge is 2.22. The first-order valence-corrected chi connectivity index (χ1v) is 17.0. The Hall–Kier alpha value is -4.08. The molecule has 0 radical (unpaired) electrons. The van der Waals surface area contributed by atoms with E-state index in [4.69, 9.17) is 5.11 Å². The van der Waals surface area contributed by atoms with Gasteiger partial charge in [0.05, 0.1) is 24.6 Å². The summed E-state index contributed by atoms with van der Waals surface area (Å²) < 4.78 is 0. The molecule has 1 aliphatic heterocycles. The smallest absolute Gasteiger partial charge is 0.255 e. The fourth-order valence-electron chi connectivity index (χ4n) is 6.19. The highest BCUT2D eigenvalue weighted by molar-refractivity contribution is 5.96. The van der Waals surface area contributed by atoms with Gasteiger partial charge >= 0.3 is 0 Å². The first-order chi connectivity index (χ1) is 24.0. The number of carbonyl (C=O) groups is 2. The van der Waals surface area contributed by atoms with Gasteiger partial charge in [-0.1, -0.05) is 42.5 Å². The Kier molecular flexibility index (Phi) is 14.5. The third-order valence-electron chi connectivity index (χ3n) is 8.80. The van der Waals surface area contributed by atoms with Crippen LogP contribution in [-0.4, -0.2) is 122 Å². The highest BCUT2D eigenvalue weighted by Crippen LogP contribution is 2.32. The number of aromatic hydroxyl groups is 2. The van der Waals surface area contributed by atoms with Crippen molar-refractivity contribution < 1.29 is 40.2 Å². The second kappa shape index (κ2) is 18.8. The first-order valence-electron chi connectivity index (χ1n) is 17.0. The van der Waals surface area contributed by atoms with E-state index in [0.717, 1.165) is 56.7 Å². The molecule has 2 unspecified atom stereocenters. The average molecular weight is 694 g/mol. The Morgan fingerprint density at radius 2 is 1.04 bits per heavy atom. The van der Waals surface area contributed by atoms with Crippen molar-refractivity contribution in [1.29, 1.82) is 0 Å². The lowest BCUT2D eigenvalue weighted by molar-refractivity contribution is -0.126. The Morgan fingerprint density at radius 1 is 0.640 bits per heavy atom. The fourth-order valence-corrected chi connectivity index (χ4v) is 6.19. The van der Waals surface area contributed by atoms with Crippen molar-refractivity contribution in [3.8, 4) is 11.5 Å². The van der Waals surface area contributed by atoms with Gasteiger partial charge in [-0.3, -0.25) is 24.3 Å². The number of anilines is 2. The highest BCUT2D eigenvalue weighted by atomic mass is 16.3. The molecule has 1 aliphatic rings. The van der Waals surface area contributed by atoms with E-state index in [1.807, 2.05) is 44.2 Å². The van der Waals surface area contributed by atoms with Crippen LogP contribution in [0.4, 0.5) is 11.4 Å². The van der Waals surface area contributed by atoms with Crippen LogP contribution in [0.15, 0.2) is 54.6 Å². The van der Waals surface area contributed by atoms with E-state index in [0.29, 0.717) is 37.3 Å². The van der Waals surface area contributed by atoms with E-state index in [1.165, 1.54) is 5.56 Å². The third kappa shape index (κ3) is 11.2. The normalized spacial score (nSPS) is 16.7. The van der Waals surface area contributed by atoms with Crippen LogP contribution in [0.25, 0.3) is 0 Å². The number of hydrogen-bond donors (Lipinski definition) is 8. The lowest BCUT2D eigenvalue weighted by Gasteiger charge is -2.28. The van der Waals surface area contributed by atoms with Crippen LogP contribution in [0.1, 0.15) is 40.7 Å². The van der Waals surface area contributed by atoms with Crippen LogP contribution in [0.3, 0.4) is 0 Å². The molecule has 13 heteroatoms. The predicted octanol–water partition coefficient (Wildman–Crippen LogP) is 1.90. The number of carbonyl (C=O) groups excluding carboxylic acids is 2. The quantitative estimate of drug-likeness (QED) is 0.129. The lowest BCUT2D eigenvalue weighted by Crippen LogP contribution is -2.36. The zero-order valence-electron chi connectivity index (χ0n) is 28.9. The number of benzene rings is 3. The number of phenols is 2. The molecule has 13 nitrogen and oxygen atoms in total. The first kappa shape index (κ1) is 38.7. The Balaban J connectivity index is 1.55. The summed E-state index contributed by atoms with van der Waals surface area (Å²) in [4.78, 5) is 31.5. The maximum atomic E-state index is 12.3. The molecule has 0 saturated carbocycles. The number of amides is 2. The molecule has 1 heterocycles. The molecule has 3 aromatic carbocycles. The zero-order valence-corrected chi connectivity index (χ0v) is 28.9. The molecular weight excluding hydrogens is 642 g/mol. The van der Waals surface area contributed by atoms with Gasteiger partial charge < -0.3 is 41.3 Å².